The Labute approximate surface area is 266 Å². The molecule has 2 atom stereocenters. The van der Waals surface area contributed by atoms with Crippen molar-refractivity contribution < 1.29 is 4.57 Å². The van der Waals surface area contributed by atoms with E-state index in [1.54, 1.807) is 0 Å². The van der Waals surface area contributed by atoms with Gasteiger partial charge in [-0.15, -0.1) is 0 Å². The number of unbranched alkanes of at least 4 members (excludes halogenated alkanes) is 26. The molecule has 1 aromatic rings. The molecule has 0 amide bonds. The Bertz CT molecular complexity index is 650. The van der Waals surface area contributed by atoms with Gasteiger partial charge < -0.3 is 0 Å². The number of nitrogens with one attached hydrogen (secondary N) is 1. The number of nitrogens with zero attached hydrogens (tertiary/aromatic N) is 1. The summed E-state index contributed by atoms with van der Waals surface area (Å²) in [5.41, 5.74) is 0. The van der Waals surface area contributed by atoms with E-state index in [-0.39, 0.29) is 0 Å². The lowest BCUT2D eigenvalue weighted by Crippen LogP contribution is -2.40. The largest absolute Gasteiger partial charge is 0.257 e. The molecule has 0 spiro atoms. The van der Waals surface area contributed by atoms with E-state index in [0.717, 1.165) is 0 Å². The van der Waals surface area contributed by atoms with Crippen LogP contribution in [0.25, 0.3) is 0 Å². The fourth-order valence-electron chi connectivity index (χ4n) is 6.86. The number of imidazole rings is 1. The van der Waals surface area contributed by atoms with Gasteiger partial charge in [0, 0.05) is 0 Å². The summed E-state index contributed by atoms with van der Waals surface area (Å²) >= 11 is 0. The number of hydrogen-bond acceptors (Lipinski definition) is 0. The second-order valence-electron chi connectivity index (χ2n) is 14.0. The Hall–Kier alpha value is -0.790. The molecule has 0 aliphatic heterocycles. The lowest BCUT2D eigenvalue weighted by atomic mass is 9.93. The second-order valence-corrected chi connectivity index (χ2v) is 14.0. The van der Waals surface area contributed by atoms with Crippen molar-refractivity contribution in [1.82, 2.24) is 4.98 Å². The minimum atomic E-state index is 0.599. The molecule has 1 heterocycles. The maximum Gasteiger partial charge on any atom is 0.257 e. The van der Waals surface area contributed by atoms with E-state index in [1.807, 2.05) is 0 Å². The summed E-state index contributed by atoms with van der Waals surface area (Å²) in [5, 5.41) is 0. The van der Waals surface area contributed by atoms with Gasteiger partial charge in [0.25, 0.3) is 5.82 Å². The number of rotatable bonds is 33. The second kappa shape index (κ2) is 30.2. The summed E-state index contributed by atoms with van der Waals surface area (Å²) in [6.45, 7) is 9.33. The molecule has 2 unspecified atom stereocenters. The van der Waals surface area contributed by atoms with Gasteiger partial charge in [-0.25, -0.2) is 9.55 Å². The van der Waals surface area contributed by atoms with Gasteiger partial charge >= 0.3 is 0 Å². The van der Waals surface area contributed by atoms with Gasteiger partial charge in [0.15, 0.2) is 0 Å². The van der Waals surface area contributed by atoms with Gasteiger partial charge in [0.1, 0.15) is 12.4 Å². The van der Waals surface area contributed by atoms with Gasteiger partial charge in [-0.2, -0.15) is 0 Å². The Morgan fingerprint density at radius 2 is 0.786 bits per heavy atom. The summed E-state index contributed by atoms with van der Waals surface area (Å²) in [6, 6.07) is 0.599. The normalized spacial score (nSPS) is 13.1. The van der Waals surface area contributed by atoms with Crippen LogP contribution in [0.2, 0.25) is 0 Å². The number of aromatic amines is 1. The van der Waals surface area contributed by atoms with Crippen LogP contribution in [-0.4, -0.2) is 4.98 Å². The maximum atomic E-state index is 3.68. The first-order chi connectivity index (χ1) is 20.7. The first-order valence-corrected chi connectivity index (χ1v) is 19.8. The van der Waals surface area contributed by atoms with Gasteiger partial charge in [-0.05, 0) is 26.2 Å². The zero-order valence-corrected chi connectivity index (χ0v) is 29.7. The maximum absolute atomic E-state index is 3.68. The van der Waals surface area contributed by atoms with Crippen LogP contribution in [0, 0.1) is 0 Å². The van der Waals surface area contributed by atoms with Gasteiger partial charge in [-0.1, -0.05) is 201 Å². The zero-order chi connectivity index (χ0) is 30.4. The smallest absolute Gasteiger partial charge is 0.247 e. The van der Waals surface area contributed by atoms with Crippen LogP contribution in [0.15, 0.2) is 12.4 Å². The average molecular weight is 588 g/mol. The van der Waals surface area contributed by atoms with Crippen molar-refractivity contribution in [2.24, 2.45) is 0 Å². The predicted octanol–water partition coefficient (Wildman–Crippen LogP) is 14.1. The molecule has 0 aromatic carbocycles. The van der Waals surface area contributed by atoms with E-state index in [1.165, 1.54) is 205 Å². The first kappa shape index (κ1) is 39.2. The van der Waals surface area contributed by atoms with Gasteiger partial charge in [-0.3, -0.25) is 0 Å². The van der Waals surface area contributed by atoms with E-state index in [0.29, 0.717) is 12.0 Å². The van der Waals surface area contributed by atoms with Crippen LogP contribution in [0.4, 0.5) is 0 Å². The minimum absolute atomic E-state index is 0.599. The molecule has 42 heavy (non-hydrogen) atoms. The molecule has 1 rings (SSSR count). The first-order valence-electron chi connectivity index (χ1n) is 19.8. The molecule has 0 aliphatic rings. The third-order valence-corrected chi connectivity index (χ3v) is 10.0. The van der Waals surface area contributed by atoms with E-state index >= 15 is 0 Å². The molecule has 1 N–H and O–H groups in total. The Morgan fingerprint density at radius 3 is 1.10 bits per heavy atom. The summed E-state index contributed by atoms with van der Waals surface area (Å²) in [6.07, 6.45) is 49.0. The average Bonchev–Trinajstić information content (AvgIpc) is 3.50. The number of aromatic nitrogens is 2. The fourth-order valence-corrected chi connectivity index (χ4v) is 6.86. The van der Waals surface area contributed by atoms with Crippen molar-refractivity contribution in [3.8, 4) is 0 Å². The number of H-pyrrole nitrogens is 1. The van der Waals surface area contributed by atoms with Crippen LogP contribution in [0.3, 0.4) is 0 Å². The third kappa shape index (κ3) is 21.8. The molecule has 0 saturated carbocycles. The van der Waals surface area contributed by atoms with E-state index in [4.69, 9.17) is 0 Å². The monoisotopic (exact) mass is 588 g/mol. The molecule has 0 saturated heterocycles. The molecule has 0 radical (unpaired) electrons. The van der Waals surface area contributed by atoms with Crippen LogP contribution in [0.1, 0.15) is 245 Å². The lowest BCUT2D eigenvalue weighted by Gasteiger charge is -2.16. The minimum Gasteiger partial charge on any atom is -0.247 e. The Morgan fingerprint density at radius 1 is 0.476 bits per heavy atom. The molecule has 2 heteroatoms. The third-order valence-electron chi connectivity index (χ3n) is 10.0. The van der Waals surface area contributed by atoms with E-state index in [9.17, 15) is 0 Å². The predicted molar refractivity (Wildman–Crippen MR) is 189 cm³/mol. The SMILES string of the molecule is CCCCCCCCCCCCCCCCCCC(CCCCCCCCCCCCCC)c1[nH]cc[n+]1C(C)CC. The van der Waals surface area contributed by atoms with Crippen molar-refractivity contribution in [2.75, 3.05) is 0 Å². The Balaban J connectivity index is 2.16. The standard InChI is InChI=1S/C40H78N2/c1-5-8-10-12-14-16-18-20-21-22-23-25-27-29-31-33-35-39(40-41-36-37-42(40)38(4)7-3)34-32-30-28-26-24-19-17-15-13-11-9-6-2/h36-39H,5-35H2,1-4H3/p+1. The summed E-state index contributed by atoms with van der Waals surface area (Å²) < 4.78 is 2.55. The van der Waals surface area contributed by atoms with Crippen molar-refractivity contribution in [2.45, 2.75) is 239 Å². The highest BCUT2D eigenvalue weighted by Gasteiger charge is 2.24. The lowest BCUT2D eigenvalue weighted by molar-refractivity contribution is -0.726. The van der Waals surface area contributed by atoms with Crippen LogP contribution >= 0.6 is 0 Å². The summed E-state index contributed by atoms with van der Waals surface area (Å²) in [5.74, 6) is 2.22. The molecule has 0 aliphatic carbocycles. The highest BCUT2D eigenvalue weighted by molar-refractivity contribution is 4.90. The summed E-state index contributed by atoms with van der Waals surface area (Å²) in [7, 11) is 0. The van der Waals surface area contributed by atoms with Gasteiger partial charge in [0.2, 0.25) is 0 Å². The molecule has 0 fully saturated rings. The highest BCUT2D eigenvalue weighted by atomic mass is 15.1. The fraction of sp³-hybridized carbons (Fsp3) is 0.925. The number of hydrogen-bond donors (Lipinski definition) is 1. The molecular weight excluding hydrogens is 508 g/mol. The molecular formula is C40H79N2+. The van der Waals surface area contributed by atoms with E-state index in [2.05, 4.69) is 49.6 Å². The van der Waals surface area contributed by atoms with Crippen molar-refractivity contribution >= 4 is 0 Å². The zero-order valence-electron chi connectivity index (χ0n) is 29.7. The molecule has 248 valence electrons. The van der Waals surface area contributed by atoms with E-state index < -0.39 is 0 Å². The van der Waals surface area contributed by atoms with Crippen molar-refractivity contribution in [1.29, 1.82) is 0 Å². The van der Waals surface area contributed by atoms with Crippen LogP contribution in [0.5, 0.6) is 0 Å². The molecule has 1 aromatic heterocycles. The van der Waals surface area contributed by atoms with Crippen LogP contribution < -0.4 is 4.57 Å². The summed E-state index contributed by atoms with van der Waals surface area (Å²) in [4.78, 5) is 3.68. The topological polar surface area (TPSA) is 19.7 Å². The van der Waals surface area contributed by atoms with Gasteiger partial charge in [0.05, 0.1) is 12.0 Å². The molecule has 0 bridgehead atoms. The molecule has 2 nitrogen and oxygen atoms in total. The van der Waals surface area contributed by atoms with Crippen molar-refractivity contribution in [3.05, 3.63) is 18.2 Å². The van der Waals surface area contributed by atoms with Crippen molar-refractivity contribution in [3.63, 3.8) is 0 Å². The van der Waals surface area contributed by atoms with Crippen LogP contribution in [-0.2, 0) is 0 Å². The Kier molecular flexibility index (Phi) is 28.3. The quantitative estimate of drug-likeness (QED) is 0.0623. The highest BCUT2D eigenvalue weighted by Crippen LogP contribution is 2.27.